The molecule has 0 radical (unpaired) electrons. The molecule has 2 saturated heterocycles. The molecule has 2 aliphatic heterocycles. The van der Waals surface area contributed by atoms with Crippen LogP contribution in [0.4, 0.5) is 4.79 Å². The first-order valence-electron chi connectivity index (χ1n) is 11.5. The summed E-state index contributed by atoms with van der Waals surface area (Å²) in [4.78, 5) is 24.7. The van der Waals surface area contributed by atoms with Crippen LogP contribution in [0.15, 0.2) is 11.6 Å². The van der Waals surface area contributed by atoms with E-state index < -0.39 is 18.2 Å². The third-order valence-electron chi connectivity index (χ3n) is 7.42. The van der Waals surface area contributed by atoms with Gasteiger partial charge in [-0.1, -0.05) is 31.9 Å². The van der Waals surface area contributed by atoms with Gasteiger partial charge in [0.2, 0.25) is 0 Å². The number of allylic oxidation sites excluding steroid dienone is 1. The normalized spacial score (nSPS) is 38.2. The number of ketones is 1. The van der Waals surface area contributed by atoms with Gasteiger partial charge >= 0.3 is 6.09 Å². The molecule has 176 valence electrons. The predicted molar refractivity (Wildman–Crippen MR) is 117 cm³/mol. The highest BCUT2D eigenvalue weighted by Gasteiger charge is 2.72. The van der Waals surface area contributed by atoms with Crippen LogP contribution >= 0.6 is 0 Å². The number of hydrogen-bond donors (Lipinski definition) is 1. The Morgan fingerprint density at radius 1 is 1.29 bits per heavy atom. The Labute approximate surface area is 186 Å². The van der Waals surface area contributed by atoms with Gasteiger partial charge in [-0.3, -0.25) is 4.79 Å². The second-order valence-electron chi connectivity index (χ2n) is 9.94. The van der Waals surface area contributed by atoms with Crippen molar-refractivity contribution in [2.75, 3.05) is 13.7 Å². The summed E-state index contributed by atoms with van der Waals surface area (Å²) >= 11 is 0. The zero-order valence-corrected chi connectivity index (χ0v) is 20.0. The zero-order chi connectivity index (χ0) is 23.0. The lowest BCUT2D eigenvalue weighted by Crippen LogP contribution is -2.56. The third kappa shape index (κ3) is 4.99. The number of rotatable bonds is 9. The van der Waals surface area contributed by atoms with E-state index in [1.807, 2.05) is 13.8 Å². The van der Waals surface area contributed by atoms with Gasteiger partial charge in [-0.25, -0.2) is 4.79 Å². The highest BCUT2D eigenvalue weighted by Crippen LogP contribution is 2.59. The number of ether oxygens (including phenoxy) is 4. The molecule has 1 amide bonds. The number of nitrogens with one attached hydrogen (secondary N) is 1. The van der Waals surface area contributed by atoms with E-state index in [1.165, 1.54) is 12.5 Å². The van der Waals surface area contributed by atoms with Crippen molar-refractivity contribution in [3.63, 3.8) is 0 Å². The standard InChI is InChI=1S/C24H39NO6/c1-8-15(4)19(16(5)26)25-22(27)30-17-11-12-24(13-29-24)21(20(17)28-7)23(6)18(31-23)10-9-14(2)3/h9,15,17-21H,8,10-13H2,1-7H3,(H,25,27)/t15?,17-,18-,19?,20-,21-,23+,24+/m1/s1. The van der Waals surface area contributed by atoms with Crippen molar-refractivity contribution in [1.29, 1.82) is 0 Å². The zero-order valence-electron chi connectivity index (χ0n) is 20.0. The maximum Gasteiger partial charge on any atom is 0.408 e. The Kier molecular flexibility index (Phi) is 7.18. The Bertz CT molecular complexity index is 713. The number of hydrogen-bond acceptors (Lipinski definition) is 6. The second-order valence-corrected chi connectivity index (χ2v) is 9.94. The van der Waals surface area contributed by atoms with Gasteiger partial charge in [0, 0.05) is 7.11 Å². The van der Waals surface area contributed by atoms with Crippen molar-refractivity contribution in [3.8, 4) is 0 Å². The SMILES string of the molecule is CCC(C)C(NC(=O)O[C@@H]1CC[C@]2(CO2)[C@@H]([C@@]2(C)O[C@@H]2CC=C(C)C)[C@@H]1OC)C(C)=O. The molecule has 7 nitrogen and oxygen atoms in total. The van der Waals surface area contributed by atoms with Crippen LogP contribution in [0.1, 0.15) is 67.2 Å². The van der Waals surface area contributed by atoms with Crippen LogP contribution in [0.5, 0.6) is 0 Å². The van der Waals surface area contributed by atoms with Crippen molar-refractivity contribution >= 4 is 11.9 Å². The van der Waals surface area contributed by atoms with Gasteiger partial charge in [-0.15, -0.1) is 0 Å². The molecule has 0 aromatic carbocycles. The number of carbonyl (C=O) groups excluding carboxylic acids is 2. The minimum atomic E-state index is -0.568. The van der Waals surface area contributed by atoms with E-state index >= 15 is 0 Å². The first-order valence-corrected chi connectivity index (χ1v) is 11.5. The van der Waals surface area contributed by atoms with E-state index in [9.17, 15) is 9.59 Å². The molecule has 7 heteroatoms. The summed E-state index contributed by atoms with van der Waals surface area (Å²) in [5.74, 6) is -0.0483. The van der Waals surface area contributed by atoms with Crippen LogP contribution < -0.4 is 5.32 Å². The molecule has 8 atom stereocenters. The van der Waals surface area contributed by atoms with Gasteiger partial charge in [0.25, 0.3) is 0 Å². The number of amides is 1. The van der Waals surface area contributed by atoms with Crippen molar-refractivity contribution in [2.45, 2.75) is 103 Å². The number of Topliss-reactive ketones (excluding diaryl/α,β-unsaturated/α-hetero) is 1. The van der Waals surface area contributed by atoms with Crippen LogP contribution in [0.3, 0.4) is 0 Å². The molecule has 2 unspecified atom stereocenters. The molecule has 0 aromatic heterocycles. The molecule has 3 rings (SSSR count). The first kappa shape index (κ1) is 24.2. The summed E-state index contributed by atoms with van der Waals surface area (Å²) in [6.07, 6.45) is 4.08. The highest BCUT2D eigenvalue weighted by atomic mass is 16.6. The van der Waals surface area contributed by atoms with Crippen molar-refractivity contribution < 1.29 is 28.5 Å². The molecule has 3 fully saturated rings. The molecule has 1 saturated carbocycles. The molecule has 3 aliphatic rings. The number of epoxide rings is 2. The number of alkyl carbamates (subject to hydrolysis) is 1. The van der Waals surface area contributed by atoms with Crippen molar-refractivity contribution in [2.24, 2.45) is 11.8 Å². The van der Waals surface area contributed by atoms with E-state index in [4.69, 9.17) is 18.9 Å². The summed E-state index contributed by atoms with van der Waals surface area (Å²) in [5.41, 5.74) is 0.631. The van der Waals surface area contributed by atoms with Crippen LogP contribution in [0.2, 0.25) is 0 Å². The monoisotopic (exact) mass is 437 g/mol. The molecular weight excluding hydrogens is 398 g/mol. The van der Waals surface area contributed by atoms with Crippen LogP contribution in [0.25, 0.3) is 0 Å². The third-order valence-corrected chi connectivity index (χ3v) is 7.42. The van der Waals surface area contributed by atoms with E-state index in [-0.39, 0.29) is 41.0 Å². The molecule has 1 N–H and O–H groups in total. The second kappa shape index (κ2) is 9.20. The largest absolute Gasteiger partial charge is 0.443 e. The van der Waals surface area contributed by atoms with Gasteiger partial charge in [-0.2, -0.15) is 0 Å². The fraction of sp³-hybridized carbons (Fsp3) is 0.833. The topological polar surface area (TPSA) is 89.7 Å². The van der Waals surface area contributed by atoms with Gasteiger partial charge in [-0.05, 0) is 52.9 Å². The molecule has 1 spiro atoms. The summed E-state index contributed by atoms with van der Waals surface area (Å²) in [7, 11) is 1.65. The predicted octanol–water partition coefficient (Wildman–Crippen LogP) is 3.79. The van der Waals surface area contributed by atoms with Crippen LogP contribution in [-0.4, -0.2) is 61.1 Å². The van der Waals surface area contributed by atoms with Gasteiger partial charge in [0.1, 0.15) is 23.4 Å². The van der Waals surface area contributed by atoms with Crippen molar-refractivity contribution in [1.82, 2.24) is 5.32 Å². The molecule has 1 aliphatic carbocycles. The summed E-state index contributed by atoms with van der Waals surface area (Å²) in [5, 5.41) is 2.77. The lowest BCUT2D eigenvalue weighted by atomic mass is 9.68. The first-order chi connectivity index (χ1) is 14.6. The summed E-state index contributed by atoms with van der Waals surface area (Å²) in [6.45, 7) is 12.4. The van der Waals surface area contributed by atoms with E-state index in [0.717, 1.165) is 19.3 Å². The van der Waals surface area contributed by atoms with Gasteiger partial charge in [0.15, 0.2) is 5.78 Å². The average molecular weight is 438 g/mol. The molecular formula is C24H39NO6. The fourth-order valence-electron chi connectivity index (χ4n) is 5.25. The Morgan fingerprint density at radius 2 is 1.97 bits per heavy atom. The highest BCUT2D eigenvalue weighted by molar-refractivity contribution is 5.85. The maximum absolute atomic E-state index is 12.7. The average Bonchev–Trinajstić information content (AvgIpc) is 3.62. The quantitative estimate of drug-likeness (QED) is 0.436. The fourth-order valence-corrected chi connectivity index (χ4v) is 5.25. The molecule has 2 heterocycles. The lowest BCUT2D eigenvalue weighted by molar-refractivity contribution is -0.122. The van der Waals surface area contributed by atoms with E-state index in [0.29, 0.717) is 13.0 Å². The van der Waals surface area contributed by atoms with Gasteiger partial charge in [0.05, 0.1) is 24.7 Å². The van der Waals surface area contributed by atoms with Gasteiger partial charge < -0.3 is 24.3 Å². The lowest BCUT2D eigenvalue weighted by Gasteiger charge is -2.42. The minimum absolute atomic E-state index is 0.0229. The minimum Gasteiger partial charge on any atom is -0.443 e. The summed E-state index contributed by atoms with van der Waals surface area (Å²) < 4.78 is 23.9. The smallest absolute Gasteiger partial charge is 0.408 e. The Balaban J connectivity index is 1.71. The maximum atomic E-state index is 12.7. The van der Waals surface area contributed by atoms with Crippen molar-refractivity contribution in [3.05, 3.63) is 11.6 Å². The number of methoxy groups -OCH3 is 1. The molecule has 0 bridgehead atoms. The van der Waals surface area contributed by atoms with Crippen LogP contribution in [0, 0.1) is 11.8 Å². The van der Waals surface area contributed by atoms with E-state index in [1.54, 1.807) is 7.11 Å². The molecule has 0 aromatic rings. The van der Waals surface area contributed by atoms with E-state index in [2.05, 4.69) is 32.2 Å². The number of carbonyl (C=O) groups is 2. The van der Waals surface area contributed by atoms with Crippen LogP contribution in [-0.2, 0) is 23.7 Å². The Morgan fingerprint density at radius 3 is 2.48 bits per heavy atom. The molecule has 31 heavy (non-hydrogen) atoms. The summed E-state index contributed by atoms with van der Waals surface area (Å²) in [6, 6.07) is -0.547. The Hall–Kier alpha value is -1.44.